The molecule has 0 radical (unpaired) electrons. The molecular weight excluding hydrogens is 274 g/mol. The maximum Gasteiger partial charge on any atom is 0.404 e. The molecule has 1 saturated heterocycles. The van der Waals surface area contributed by atoms with Crippen molar-refractivity contribution in [1.82, 2.24) is 10.3 Å². The Morgan fingerprint density at radius 3 is 3.12 bits per heavy atom. The number of nitrogens with one attached hydrogen (secondary N) is 1. The molecule has 1 unspecified atom stereocenters. The number of hydrogen-bond donors (Lipinski definition) is 2. The van der Waals surface area contributed by atoms with Crippen molar-refractivity contribution in [2.45, 2.75) is 12.5 Å². The van der Waals surface area contributed by atoms with Crippen LogP contribution in [0.3, 0.4) is 0 Å². The Morgan fingerprint density at radius 2 is 2.44 bits per heavy atom. The highest BCUT2D eigenvalue weighted by Gasteiger charge is 2.24. The highest BCUT2D eigenvalue weighted by Crippen LogP contribution is 2.19. The van der Waals surface area contributed by atoms with Gasteiger partial charge in [0, 0.05) is 13.1 Å². The van der Waals surface area contributed by atoms with Crippen LogP contribution in [0.4, 0.5) is 10.6 Å². The zero-order valence-corrected chi connectivity index (χ0v) is 10.1. The average molecular weight is 286 g/mol. The smallest absolute Gasteiger partial charge is 0.404 e. The summed E-state index contributed by atoms with van der Waals surface area (Å²) >= 11 is 3.32. The molecule has 1 aliphatic heterocycles. The molecule has 16 heavy (non-hydrogen) atoms. The number of amides is 1. The van der Waals surface area contributed by atoms with E-state index in [1.165, 1.54) is 0 Å². The van der Waals surface area contributed by atoms with Gasteiger partial charge in [-0.15, -0.1) is 0 Å². The highest BCUT2D eigenvalue weighted by atomic mass is 79.9. The number of hydrogen-bond acceptors (Lipinski definition) is 3. The minimum Gasteiger partial charge on any atom is -0.465 e. The van der Waals surface area contributed by atoms with Crippen molar-refractivity contribution in [3.05, 3.63) is 22.8 Å². The normalized spacial score (nSPS) is 19.8. The molecule has 0 bridgehead atoms. The van der Waals surface area contributed by atoms with Gasteiger partial charge in [0.1, 0.15) is 10.4 Å². The summed E-state index contributed by atoms with van der Waals surface area (Å²) < 4.78 is 0.791. The Bertz CT molecular complexity index is 399. The lowest BCUT2D eigenvalue weighted by Crippen LogP contribution is -2.36. The summed E-state index contributed by atoms with van der Waals surface area (Å²) in [5.41, 5.74) is 0. The molecule has 1 atom stereocenters. The van der Waals surface area contributed by atoms with Crippen molar-refractivity contribution in [1.29, 1.82) is 0 Å². The summed E-state index contributed by atoms with van der Waals surface area (Å²) in [6.45, 7) is 1.50. The van der Waals surface area contributed by atoms with Gasteiger partial charge in [0.05, 0.1) is 6.04 Å². The number of halogens is 1. The monoisotopic (exact) mass is 285 g/mol. The first kappa shape index (κ1) is 11.2. The maximum atomic E-state index is 10.5. The van der Waals surface area contributed by atoms with E-state index in [1.54, 1.807) is 0 Å². The quantitative estimate of drug-likeness (QED) is 0.812. The number of carboxylic acid groups (broad SMARTS) is 1. The fourth-order valence-electron chi connectivity index (χ4n) is 1.83. The Hall–Kier alpha value is -1.30. The van der Waals surface area contributed by atoms with Gasteiger partial charge in [-0.25, -0.2) is 9.78 Å². The number of carbonyl (C=O) groups is 1. The fraction of sp³-hybridized carbons (Fsp3) is 0.400. The third kappa shape index (κ3) is 2.63. The second-order valence-corrected chi connectivity index (χ2v) is 4.51. The predicted octanol–water partition coefficient (Wildman–Crippen LogP) is 1.69. The Morgan fingerprint density at radius 1 is 1.62 bits per heavy atom. The van der Waals surface area contributed by atoms with E-state index >= 15 is 0 Å². The SMILES string of the molecule is O=C(O)NC1CCN(c2cccc(Br)n2)C1. The predicted molar refractivity (Wildman–Crippen MR) is 63.7 cm³/mol. The standard InChI is InChI=1S/C10H12BrN3O2/c11-8-2-1-3-9(13-8)14-5-4-7(6-14)12-10(15)16/h1-3,7,12H,4-6H2,(H,15,16). The highest BCUT2D eigenvalue weighted by molar-refractivity contribution is 9.10. The van der Waals surface area contributed by atoms with Crippen LogP contribution >= 0.6 is 15.9 Å². The van der Waals surface area contributed by atoms with E-state index < -0.39 is 6.09 Å². The van der Waals surface area contributed by atoms with Crippen molar-refractivity contribution in [2.24, 2.45) is 0 Å². The molecule has 0 spiro atoms. The molecule has 1 aromatic rings. The van der Waals surface area contributed by atoms with Gasteiger partial charge in [0.2, 0.25) is 0 Å². The molecule has 0 saturated carbocycles. The molecule has 0 aliphatic carbocycles. The molecule has 2 heterocycles. The second kappa shape index (κ2) is 4.69. The third-order valence-corrected chi connectivity index (χ3v) is 2.98. The molecule has 2 rings (SSSR count). The number of aromatic nitrogens is 1. The van der Waals surface area contributed by atoms with E-state index in [0.717, 1.165) is 23.4 Å². The van der Waals surface area contributed by atoms with Gasteiger partial charge in [0.25, 0.3) is 0 Å². The molecule has 1 aliphatic rings. The largest absolute Gasteiger partial charge is 0.465 e. The van der Waals surface area contributed by atoms with Crippen LogP contribution in [0.25, 0.3) is 0 Å². The van der Waals surface area contributed by atoms with Crippen molar-refractivity contribution in [2.75, 3.05) is 18.0 Å². The van der Waals surface area contributed by atoms with Crippen LogP contribution in [0.2, 0.25) is 0 Å². The molecule has 0 aromatic carbocycles. The maximum absolute atomic E-state index is 10.5. The lowest BCUT2D eigenvalue weighted by atomic mass is 10.3. The van der Waals surface area contributed by atoms with Gasteiger partial charge in [-0.3, -0.25) is 0 Å². The van der Waals surface area contributed by atoms with Gasteiger partial charge in [-0.1, -0.05) is 6.07 Å². The number of pyridine rings is 1. The summed E-state index contributed by atoms with van der Waals surface area (Å²) in [5.74, 6) is 0.879. The van der Waals surface area contributed by atoms with Crippen LogP contribution in [-0.2, 0) is 0 Å². The van der Waals surface area contributed by atoms with Gasteiger partial charge in [-0.2, -0.15) is 0 Å². The topological polar surface area (TPSA) is 65.5 Å². The number of rotatable bonds is 2. The van der Waals surface area contributed by atoms with Crippen molar-refractivity contribution in [3.63, 3.8) is 0 Å². The number of nitrogens with zero attached hydrogens (tertiary/aromatic N) is 2. The summed E-state index contributed by atoms with van der Waals surface area (Å²) in [7, 11) is 0. The molecule has 2 N–H and O–H groups in total. The summed E-state index contributed by atoms with van der Waals surface area (Å²) in [4.78, 5) is 16.9. The zero-order chi connectivity index (χ0) is 11.5. The van der Waals surface area contributed by atoms with Gasteiger partial charge in [-0.05, 0) is 34.5 Å². The molecule has 1 amide bonds. The summed E-state index contributed by atoms with van der Waals surface area (Å²) in [6.07, 6.45) is -0.144. The molecule has 1 aromatic heterocycles. The first-order valence-corrected chi connectivity index (χ1v) is 5.81. The van der Waals surface area contributed by atoms with E-state index in [-0.39, 0.29) is 6.04 Å². The Labute approximate surface area is 102 Å². The lowest BCUT2D eigenvalue weighted by Gasteiger charge is -2.17. The first-order chi connectivity index (χ1) is 7.65. The molecule has 5 nitrogen and oxygen atoms in total. The van der Waals surface area contributed by atoms with E-state index in [0.29, 0.717) is 6.54 Å². The summed E-state index contributed by atoms with van der Waals surface area (Å²) in [5, 5.41) is 11.1. The van der Waals surface area contributed by atoms with E-state index in [4.69, 9.17) is 5.11 Å². The van der Waals surface area contributed by atoms with Crippen LogP contribution in [0.1, 0.15) is 6.42 Å². The van der Waals surface area contributed by atoms with Crippen molar-refractivity contribution < 1.29 is 9.90 Å². The lowest BCUT2D eigenvalue weighted by molar-refractivity contribution is 0.191. The average Bonchev–Trinajstić information content (AvgIpc) is 2.65. The van der Waals surface area contributed by atoms with Crippen LogP contribution in [0.5, 0.6) is 0 Å². The van der Waals surface area contributed by atoms with E-state index in [2.05, 4.69) is 31.1 Å². The van der Waals surface area contributed by atoms with Crippen LogP contribution in [0.15, 0.2) is 22.8 Å². The minimum atomic E-state index is -0.964. The number of anilines is 1. The van der Waals surface area contributed by atoms with Crippen LogP contribution in [-0.4, -0.2) is 35.3 Å². The van der Waals surface area contributed by atoms with Gasteiger partial charge in [0.15, 0.2) is 0 Å². The van der Waals surface area contributed by atoms with Gasteiger partial charge >= 0.3 is 6.09 Å². The molecule has 1 fully saturated rings. The van der Waals surface area contributed by atoms with Crippen molar-refractivity contribution in [3.8, 4) is 0 Å². The Balaban J connectivity index is 2.00. The van der Waals surface area contributed by atoms with Gasteiger partial charge < -0.3 is 15.3 Å². The third-order valence-electron chi connectivity index (χ3n) is 2.54. The minimum absolute atomic E-state index is 0.00159. The Kier molecular flexibility index (Phi) is 3.28. The van der Waals surface area contributed by atoms with Crippen molar-refractivity contribution >= 4 is 27.8 Å². The first-order valence-electron chi connectivity index (χ1n) is 5.02. The zero-order valence-electron chi connectivity index (χ0n) is 8.56. The molecule has 6 heteroatoms. The second-order valence-electron chi connectivity index (χ2n) is 3.70. The fourth-order valence-corrected chi connectivity index (χ4v) is 2.17. The molecular formula is C10H12BrN3O2. The van der Waals surface area contributed by atoms with Crippen LogP contribution in [0, 0.1) is 0 Å². The molecule has 86 valence electrons. The van der Waals surface area contributed by atoms with E-state index in [1.807, 2.05) is 18.2 Å². The summed E-state index contributed by atoms with van der Waals surface area (Å²) in [6, 6.07) is 5.71. The van der Waals surface area contributed by atoms with E-state index in [9.17, 15) is 4.79 Å². The van der Waals surface area contributed by atoms with Crippen LogP contribution < -0.4 is 10.2 Å².